The van der Waals surface area contributed by atoms with Crippen molar-refractivity contribution in [3.8, 4) is 0 Å². The van der Waals surface area contributed by atoms with Crippen LogP contribution in [0.25, 0.3) is 0 Å². The summed E-state index contributed by atoms with van der Waals surface area (Å²) in [6.07, 6.45) is 2.54. The van der Waals surface area contributed by atoms with E-state index in [0.29, 0.717) is 0 Å². The zero-order chi connectivity index (χ0) is 8.97. The molecule has 1 heterocycles. The van der Waals surface area contributed by atoms with E-state index in [0.717, 1.165) is 17.7 Å². The molecule has 0 radical (unpaired) electrons. The van der Waals surface area contributed by atoms with Gasteiger partial charge >= 0.3 is 0 Å². The number of hydrogen-bond donors (Lipinski definition) is 2. The van der Waals surface area contributed by atoms with Gasteiger partial charge in [0.2, 0.25) is 0 Å². The summed E-state index contributed by atoms with van der Waals surface area (Å²) in [7, 11) is 0. The van der Waals surface area contributed by atoms with Gasteiger partial charge in [0.05, 0.1) is 12.3 Å². The first kappa shape index (κ1) is 9.16. The molecule has 0 saturated carbocycles. The maximum Gasteiger partial charge on any atom is 0.0696 e. The third-order valence-electron chi connectivity index (χ3n) is 1.85. The van der Waals surface area contributed by atoms with Gasteiger partial charge in [0.15, 0.2) is 0 Å². The number of aliphatic hydroxyl groups excluding tert-OH is 1. The van der Waals surface area contributed by atoms with Crippen molar-refractivity contribution in [3.63, 3.8) is 0 Å². The molecule has 0 aliphatic carbocycles. The smallest absolute Gasteiger partial charge is 0.0696 e. The third kappa shape index (κ3) is 2.03. The second-order valence-electron chi connectivity index (χ2n) is 2.76. The number of nitrogens with zero attached hydrogens (tertiary/aromatic N) is 1. The van der Waals surface area contributed by atoms with E-state index >= 15 is 0 Å². The van der Waals surface area contributed by atoms with Gasteiger partial charge in [0.1, 0.15) is 0 Å². The van der Waals surface area contributed by atoms with Crippen molar-refractivity contribution in [1.29, 1.82) is 0 Å². The Balaban J connectivity index is 2.77. The van der Waals surface area contributed by atoms with Crippen molar-refractivity contribution in [1.82, 2.24) is 4.98 Å². The monoisotopic (exact) mass is 166 g/mol. The fraction of sp³-hybridized carbons (Fsp3) is 0.444. The Kier molecular flexibility index (Phi) is 3.19. The summed E-state index contributed by atoms with van der Waals surface area (Å²) in [6, 6.07) is 3.72. The van der Waals surface area contributed by atoms with Crippen LogP contribution in [0.5, 0.6) is 0 Å². The molecule has 0 spiro atoms. The van der Waals surface area contributed by atoms with Gasteiger partial charge in [-0.25, -0.2) is 0 Å². The Labute approximate surface area is 72.2 Å². The topological polar surface area (TPSA) is 59.1 Å². The van der Waals surface area contributed by atoms with Crippen LogP contribution < -0.4 is 5.73 Å². The van der Waals surface area contributed by atoms with Gasteiger partial charge < -0.3 is 10.8 Å². The van der Waals surface area contributed by atoms with E-state index in [9.17, 15) is 0 Å². The molecule has 66 valence electrons. The maximum absolute atomic E-state index is 8.75. The molecule has 0 aromatic carbocycles. The summed E-state index contributed by atoms with van der Waals surface area (Å²) in [5.41, 5.74) is 7.47. The van der Waals surface area contributed by atoms with Gasteiger partial charge in [-0.2, -0.15) is 0 Å². The Morgan fingerprint density at radius 3 is 2.75 bits per heavy atom. The molecule has 0 saturated heterocycles. The summed E-state index contributed by atoms with van der Waals surface area (Å²) in [5.74, 6) is 0. The lowest BCUT2D eigenvalue weighted by atomic mass is 10.1. The van der Waals surface area contributed by atoms with E-state index in [4.69, 9.17) is 10.8 Å². The van der Waals surface area contributed by atoms with Crippen molar-refractivity contribution in [2.75, 3.05) is 0 Å². The van der Waals surface area contributed by atoms with E-state index in [-0.39, 0.29) is 12.6 Å². The number of aromatic nitrogens is 1. The minimum Gasteiger partial charge on any atom is -0.392 e. The molecule has 12 heavy (non-hydrogen) atoms. The molecule has 0 bridgehead atoms. The predicted molar refractivity (Wildman–Crippen MR) is 47.4 cm³/mol. The van der Waals surface area contributed by atoms with E-state index < -0.39 is 0 Å². The lowest BCUT2D eigenvalue weighted by Gasteiger charge is -2.07. The van der Waals surface area contributed by atoms with Gasteiger partial charge in [-0.05, 0) is 18.1 Å². The van der Waals surface area contributed by atoms with Crippen LogP contribution >= 0.6 is 0 Å². The molecule has 3 N–H and O–H groups in total. The summed E-state index contributed by atoms with van der Waals surface area (Å²) >= 11 is 0. The van der Waals surface area contributed by atoms with Crippen molar-refractivity contribution < 1.29 is 5.11 Å². The number of nitrogens with two attached hydrogens (primary N) is 1. The molecule has 1 atom stereocenters. The number of hydrogen-bond acceptors (Lipinski definition) is 3. The summed E-state index contributed by atoms with van der Waals surface area (Å²) < 4.78 is 0. The highest BCUT2D eigenvalue weighted by Gasteiger charge is 2.03. The Morgan fingerprint density at radius 2 is 2.33 bits per heavy atom. The Morgan fingerprint density at radius 1 is 1.58 bits per heavy atom. The minimum atomic E-state index is 0.0118. The molecule has 0 fully saturated rings. The lowest BCUT2D eigenvalue weighted by molar-refractivity contribution is 0.281. The fourth-order valence-corrected chi connectivity index (χ4v) is 0.958. The van der Waals surface area contributed by atoms with E-state index in [1.165, 1.54) is 0 Å². The van der Waals surface area contributed by atoms with Crippen molar-refractivity contribution >= 4 is 0 Å². The van der Waals surface area contributed by atoms with Crippen LogP contribution in [-0.2, 0) is 6.61 Å². The van der Waals surface area contributed by atoms with Gasteiger partial charge in [0.25, 0.3) is 0 Å². The molecule has 0 amide bonds. The van der Waals surface area contributed by atoms with E-state index in [2.05, 4.69) is 4.98 Å². The Bertz CT molecular complexity index is 233. The largest absolute Gasteiger partial charge is 0.392 e. The van der Waals surface area contributed by atoms with Crippen LogP contribution in [0.15, 0.2) is 18.3 Å². The predicted octanol–water partition coefficient (Wildman–Crippen LogP) is 0.984. The van der Waals surface area contributed by atoms with Crippen molar-refractivity contribution in [3.05, 3.63) is 29.6 Å². The molecule has 3 nitrogen and oxygen atoms in total. The number of rotatable bonds is 3. The molecular weight excluding hydrogens is 152 g/mol. The van der Waals surface area contributed by atoms with Crippen LogP contribution in [0.2, 0.25) is 0 Å². The zero-order valence-corrected chi connectivity index (χ0v) is 7.20. The summed E-state index contributed by atoms with van der Waals surface area (Å²) in [6.45, 7) is 2.06. The molecule has 0 unspecified atom stereocenters. The average Bonchev–Trinajstić information content (AvgIpc) is 2.17. The number of aliphatic hydroxyl groups is 1. The summed E-state index contributed by atoms with van der Waals surface area (Å²) in [5, 5.41) is 8.75. The second-order valence-corrected chi connectivity index (χ2v) is 2.76. The SMILES string of the molecule is CC[C@@H](N)c1ccc(CO)cn1. The highest BCUT2D eigenvalue weighted by molar-refractivity contribution is 5.15. The van der Waals surface area contributed by atoms with E-state index in [1.807, 2.05) is 19.1 Å². The molecule has 1 aromatic rings. The van der Waals surface area contributed by atoms with Crippen LogP contribution in [0.4, 0.5) is 0 Å². The lowest BCUT2D eigenvalue weighted by Crippen LogP contribution is -2.10. The second kappa shape index (κ2) is 4.18. The van der Waals surface area contributed by atoms with Gasteiger partial charge in [-0.3, -0.25) is 4.98 Å². The summed E-state index contributed by atoms with van der Waals surface area (Å²) in [4.78, 5) is 4.14. The first-order valence-electron chi connectivity index (χ1n) is 4.09. The molecule has 1 rings (SSSR count). The van der Waals surface area contributed by atoms with Gasteiger partial charge in [-0.15, -0.1) is 0 Å². The quantitative estimate of drug-likeness (QED) is 0.703. The van der Waals surface area contributed by atoms with Crippen molar-refractivity contribution in [2.24, 2.45) is 5.73 Å². The van der Waals surface area contributed by atoms with Crippen LogP contribution in [0.3, 0.4) is 0 Å². The zero-order valence-electron chi connectivity index (χ0n) is 7.20. The molecule has 0 aliphatic heterocycles. The first-order chi connectivity index (χ1) is 5.77. The standard InChI is InChI=1S/C9H14N2O/c1-2-8(10)9-4-3-7(6-12)5-11-9/h3-5,8,12H,2,6,10H2,1H3/t8-/m1/s1. The minimum absolute atomic E-state index is 0.0118. The third-order valence-corrected chi connectivity index (χ3v) is 1.85. The highest BCUT2D eigenvalue weighted by atomic mass is 16.3. The molecular formula is C9H14N2O. The van der Waals surface area contributed by atoms with Crippen molar-refractivity contribution in [2.45, 2.75) is 26.0 Å². The van der Waals surface area contributed by atoms with Gasteiger partial charge in [0, 0.05) is 12.2 Å². The average molecular weight is 166 g/mol. The molecule has 1 aromatic heterocycles. The van der Waals surface area contributed by atoms with Crippen LogP contribution in [0.1, 0.15) is 30.6 Å². The number of pyridine rings is 1. The molecule has 3 heteroatoms. The Hall–Kier alpha value is -0.930. The van der Waals surface area contributed by atoms with Gasteiger partial charge in [-0.1, -0.05) is 13.0 Å². The van der Waals surface area contributed by atoms with Crippen LogP contribution in [0, 0.1) is 0 Å². The highest BCUT2D eigenvalue weighted by Crippen LogP contribution is 2.10. The first-order valence-corrected chi connectivity index (χ1v) is 4.09. The molecule has 0 aliphatic rings. The maximum atomic E-state index is 8.75. The fourth-order valence-electron chi connectivity index (χ4n) is 0.958. The van der Waals surface area contributed by atoms with Crippen LogP contribution in [-0.4, -0.2) is 10.1 Å². The normalized spacial score (nSPS) is 12.9. The van der Waals surface area contributed by atoms with E-state index in [1.54, 1.807) is 6.20 Å².